The fourth-order valence-corrected chi connectivity index (χ4v) is 3.14. The van der Waals surface area contributed by atoms with Crippen LogP contribution in [0.15, 0.2) is 60.9 Å². The molecule has 0 amide bonds. The molecule has 4 nitrogen and oxygen atoms in total. The molecule has 0 spiro atoms. The van der Waals surface area contributed by atoms with Crippen LogP contribution in [-0.4, -0.2) is 15.1 Å². The zero-order chi connectivity index (χ0) is 17.2. The smallest absolute Gasteiger partial charge is 0.137 e. The van der Waals surface area contributed by atoms with E-state index < -0.39 is 0 Å². The lowest BCUT2D eigenvalue weighted by Gasteiger charge is -2.16. The summed E-state index contributed by atoms with van der Waals surface area (Å²) in [5, 5.41) is 13.0. The van der Waals surface area contributed by atoms with Gasteiger partial charge in [-0.3, -0.25) is 0 Å². The maximum atomic E-state index is 9.47. The van der Waals surface area contributed by atoms with Crippen LogP contribution in [0.25, 0.3) is 11.6 Å². The van der Waals surface area contributed by atoms with E-state index in [0.29, 0.717) is 0 Å². The quantitative estimate of drug-likeness (QED) is 0.623. The number of fused-ring (bicyclic) bond motifs is 1. The molecular formula is C23H27N3O. The average Bonchev–Trinajstić information content (AvgIpc) is 3.08. The molecule has 0 saturated heterocycles. The molecule has 140 valence electrons. The van der Waals surface area contributed by atoms with Gasteiger partial charge >= 0.3 is 0 Å². The van der Waals surface area contributed by atoms with E-state index in [0.717, 1.165) is 29.1 Å². The number of aromatic hydroxyl groups is 1. The molecule has 1 aromatic heterocycles. The Bertz CT molecular complexity index is 918. The Morgan fingerprint density at radius 3 is 2.37 bits per heavy atom. The molecule has 0 fully saturated rings. The molecule has 2 aromatic carbocycles. The molecule has 0 aliphatic heterocycles. The number of benzene rings is 2. The molecule has 1 aliphatic carbocycles. The predicted molar refractivity (Wildman–Crippen MR) is 114 cm³/mol. The van der Waals surface area contributed by atoms with E-state index >= 15 is 0 Å². The van der Waals surface area contributed by atoms with Crippen molar-refractivity contribution in [2.24, 2.45) is 0 Å². The number of aromatic nitrogens is 2. The Morgan fingerprint density at radius 1 is 0.963 bits per heavy atom. The molecule has 1 aliphatic rings. The van der Waals surface area contributed by atoms with Crippen LogP contribution in [0.4, 0.5) is 5.82 Å². The second-order valence-electron chi connectivity index (χ2n) is 6.25. The van der Waals surface area contributed by atoms with Crippen LogP contribution in [0, 0.1) is 0 Å². The van der Waals surface area contributed by atoms with Crippen LogP contribution < -0.4 is 5.32 Å². The molecule has 4 rings (SSSR count). The van der Waals surface area contributed by atoms with Crippen LogP contribution in [0.1, 0.15) is 50.2 Å². The standard InChI is InChI=1S/C21H19N3O.2CH4/c1-14(15-5-3-2-4-6-15)24-21-19-11-17(12-20(19)22-13-23-21)16-7-9-18(25)10-8-16;;/h2-11,13-14,25H,12H2,1H3,(H,22,23,24);2*1H4/t14-;;/m1../s1. The molecule has 0 unspecified atom stereocenters. The monoisotopic (exact) mass is 361 g/mol. The lowest BCUT2D eigenvalue weighted by molar-refractivity contribution is 0.475. The van der Waals surface area contributed by atoms with Crippen LogP contribution >= 0.6 is 0 Å². The van der Waals surface area contributed by atoms with E-state index in [1.54, 1.807) is 18.5 Å². The minimum absolute atomic E-state index is 0. The fraction of sp³-hybridized carbons (Fsp3) is 0.217. The largest absolute Gasteiger partial charge is 0.508 e. The molecule has 1 atom stereocenters. The van der Waals surface area contributed by atoms with E-state index in [9.17, 15) is 5.11 Å². The Labute approximate surface area is 161 Å². The van der Waals surface area contributed by atoms with E-state index in [1.807, 2.05) is 30.3 Å². The number of hydrogen-bond acceptors (Lipinski definition) is 4. The number of nitrogens with one attached hydrogen (secondary N) is 1. The van der Waals surface area contributed by atoms with Gasteiger partial charge in [-0.05, 0) is 41.8 Å². The highest BCUT2D eigenvalue weighted by molar-refractivity contribution is 5.91. The first-order chi connectivity index (χ1) is 12.2. The summed E-state index contributed by atoms with van der Waals surface area (Å²) in [6.45, 7) is 2.13. The lowest BCUT2D eigenvalue weighted by atomic mass is 10.1. The summed E-state index contributed by atoms with van der Waals surface area (Å²) < 4.78 is 0. The van der Waals surface area contributed by atoms with Crippen LogP contribution in [0.2, 0.25) is 0 Å². The first-order valence-corrected chi connectivity index (χ1v) is 8.36. The number of hydrogen-bond donors (Lipinski definition) is 2. The van der Waals surface area contributed by atoms with Crippen molar-refractivity contribution in [1.29, 1.82) is 0 Å². The summed E-state index contributed by atoms with van der Waals surface area (Å²) in [5.41, 5.74) is 5.58. The highest BCUT2D eigenvalue weighted by Crippen LogP contribution is 2.34. The zero-order valence-electron chi connectivity index (χ0n) is 14.0. The average molecular weight is 361 g/mol. The van der Waals surface area contributed by atoms with Gasteiger partial charge in [0.25, 0.3) is 0 Å². The summed E-state index contributed by atoms with van der Waals surface area (Å²) in [7, 11) is 0. The van der Waals surface area contributed by atoms with Crippen molar-refractivity contribution in [3.8, 4) is 5.75 Å². The Balaban J connectivity index is 0.00000131. The van der Waals surface area contributed by atoms with Gasteiger partial charge in [0.15, 0.2) is 0 Å². The number of phenols is 1. The van der Waals surface area contributed by atoms with Gasteiger partial charge in [-0.2, -0.15) is 0 Å². The molecule has 4 heteroatoms. The Kier molecular flexibility index (Phi) is 6.35. The number of allylic oxidation sites excluding steroid dienone is 1. The number of anilines is 1. The zero-order valence-corrected chi connectivity index (χ0v) is 14.0. The first-order valence-electron chi connectivity index (χ1n) is 8.36. The van der Waals surface area contributed by atoms with Crippen molar-refractivity contribution >= 4 is 17.5 Å². The highest BCUT2D eigenvalue weighted by atomic mass is 16.3. The number of rotatable bonds is 4. The molecule has 27 heavy (non-hydrogen) atoms. The summed E-state index contributed by atoms with van der Waals surface area (Å²) in [4.78, 5) is 8.89. The molecule has 3 aromatic rings. The summed E-state index contributed by atoms with van der Waals surface area (Å²) >= 11 is 0. The minimum Gasteiger partial charge on any atom is -0.508 e. The maximum absolute atomic E-state index is 9.47. The lowest BCUT2D eigenvalue weighted by Crippen LogP contribution is -2.10. The van der Waals surface area contributed by atoms with Gasteiger partial charge in [0, 0.05) is 18.0 Å². The van der Waals surface area contributed by atoms with Crippen LogP contribution in [0.3, 0.4) is 0 Å². The van der Waals surface area contributed by atoms with Crippen molar-refractivity contribution < 1.29 is 5.11 Å². The Morgan fingerprint density at radius 2 is 1.67 bits per heavy atom. The van der Waals surface area contributed by atoms with E-state index in [1.165, 1.54) is 11.1 Å². The van der Waals surface area contributed by atoms with E-state index in [2.05, 4.69) is 40.4 Å². The van der Waals surface area contributed by atoms with Gasteiger partial charge in [0.1, 0.15) is 17.9 Å². The Hall–Kier alpha value is -3.14. The van der Waals surface area contributed by atoms with E-state index in [-0.39, 0.29) is 26.6 Å². The molecule has 0 bridgehead atoms. The molecule has 1 heterocycles. The van der Waals surface area contributed by atoms with Crippen molar-refractivity contribution in [1.82, 2.24) is 9.97 Å². The number of nitrogens with zero attached hydrogens (tertiary/aromatic N) is 2. The third kappa shape index (κ3) is 4.17. The van der Waals surface area contributed by atoms with Crippen molar-refractivity contribution in [2.45, 2.75) is 34.2 Å². The van der Waals surface area contributed by atoms with Crippen molar-refractivity contribution in [3.63, 3.8) is 0 Å². The first kappa shape index (κ1) is 20.2. The van der Waals surface area contributed by atoms with Gasteiger partial charge in [-0.15, -0.1) is 0 Å². The molecule has 2 N–H and O–H groups in total. The normalized spacial score (nSPS) is 12.9. The second-order valence-corrected chi connectivity index (χ2v) is 6.25. The van der Waals surface area contributed by atoms with Crippen molar-refractivity contribution in [2.75, 3.05) is 5.32 Å². The third-order valence-electron chi connectivity index (χ3n) is 4.53. The van der Waals surface area contributed by atoms with E-state index in [4.69, 9.17) is 0 Å². The molecular weight excluding hydrogens is 334 g/mol. The SMILES string of the molecule is C.C.C[C@@H](Nc1ncnc2c1C=C(c1ccc(O)cc1)C2)c1ccccc1. The van der Waals surface area contributed by atoms with Gasteiger partial charge in [0.2, 0.25) is 0 Å². The molecule has 0 radical (unpaired) electrons. The molecule has 0 saturated carbocycles. The summed E-state index contributed by atoms with van der Waals surface area (Å²) in [5.74, 6) is 1.13. The predicted octanol–water partition coefficient (Wildman–Crippen LogP) is 5.72. The fourth-order valence-electron chi connectivity index (χ4n) is 3.14. The van der Waals surface area contributed by atoms with Gasteiger partial charge in [-0.1, -0.05) is 57.3 Å². The highest BCUT2D eigenvalue weighted by Gasteiger charge is 2.20. The topological polar surface area (TPSA) is 58.0 Å². The van der Waals surface area contributed by atoms with Crippen LogP contribution in [0.5, 0.6) is 5.75 Å². The van der Waals surface area contributed by atoms with Gasteiger partial charge in [-0.25, -0.2) is 9.97 Å². The number of phenolic OH excluding ortho intramolecular Hbond substituents is 1. The summed E-state index contributed by atoms with van der Waals surface area (Å²) in [6.07, 6.45) is 4.53. The second kappa shape index (κ2) is 8.49. The van der Waals surface area contributed by atoms with Gasteiger partial charge < -0.3 is 10.4 Å². The van der Waals surface area contributed by atoms with Crippen molar-refractivity contribution in [3.05, 3.63) is 83.3 Å². The van der Waals surface area contributed by atoms with Gasteiger partial charge in [0.05, 0.1) is 5.69 Å². The van der Waals surface area contributed by atoms with Crippen LogP contribution in [-0.2, 0) is 6.42 Å². The third-order valence-corrected chi connectivity index (χ3v) is 4.53. The summed E-state index contributed by atoms with van der Waals surface area (Å²) in [6, 6.07) is 17.8. The minimum atomic E-state index is 0. The maximum Gasteiger partial charge on any atom is 0.137 e.